The minimum atomic E-state index is 0.295. The van der Waals surface area contributed by atoms with E-state index in [9.17, 15) is 4.79 Å². The van der Waals surface area contributed by atoms with Crippen LogP contribution in [0.2, 0.25) is 0 Å². The quantitative estimate of drug-likeness (QED) is 0.814. The molecule has 0 N–H and O–H groups in total. The van der Waals surface area contributed by atoms with Crippen LogP contribution >= 0.6 is 0 Å². The van der Waals surface area contributed by atoms with Gasteiger partial charge in [0.1, 0.15) is 0 Å². The first-order chi connectivity index (χ1) is 12.3. The van der Waals surface area contributed by atoms with Gasteiger partial charge in [0.2, 0.25) is 5.91 Å². The van der Waals surface area contributed by atoms with Crippen molar-refractivity contribution in [2.24, 2.45) is 5.92 Å². The minimum absolute atomic E-state index is 0.295. The van der Waals surface area contributed by atoms with Gasteiger partial charge >= 0.3 is 0 Å². The van der Waals surface area contributed by atoms with Gasteiger partial charge in [-0.25, -0.2) is 0 Å². The third kappa shape index (κ3) is 4.23. The van der Waals surface area contributed by atoms with Crippen LogP contribution in [0.25, 0.3) is 0 Å². The second-order valence-corrected chi connectivity index (χ2v) is 7.76. The van der Waals surface area contributed by atoms with Gasteiger partial charge in [-0.2, -0.15) is 5.10 Å². The zero-order chi connectivity index (χ0) is 17.1. The summed E-state index contributed by atoms with van der Waals surface area (Å²) in [6, 6.07) is 2.22. The van der Waals surface area contributed by atoms with Gasteiger partial charge in [0.05, 0.1) is 18.0 Å². The van der Waals surface area contributed by atoms with Gasteiger partial charge in [-0.15, -0.1) is 0 Å². The van der Waals surface area contributed by atoms with E-state index in [1.54, 1.807) is 0 Å². The van der Waals surface area contributed by atoms with E-state index in [0.29, 0.717) is 18.2 Å². The van der Waals surface area contributed by atoms with Crippen molar-refractivity contribution in [1.82, 2.24) is 19.6 Å². The lowest BCUT2D eigenvalue weighted by Gasteiger charge is -2.22. The Hall–Kier alpha value is -1.40. The molecular weight excluding hydrogens is 316 g/mol. The van der Waals surface area contributed by atoms with Crippen LogP contribution in [0.5, 0.6) is 0 Å². The molecule has 1 atom stereocenters. The molecule has 1 aromatic rings. The Morgan fingerprint density at radius 1 is 1.20 bits per heavy atom. The Kier molecular flexibility index (Phi) is 5.36. The first-order valence-corrected chi connectivity index (χ1v) is 9.91. The Labute approximate surface area is 150 Å². The molecule has 0 radical (unpaired) electrons. The van der Waals surface area contributed by atoms with Gasteiger partial charge in [-0.05, 0) is 37.7 Å². The lowest BCUT2D eigenvalue weighted by atomic mass is 10.1. The van der Waals surface area contributed by atoms with Crippen LogP contribution in [-0.2, 0) is 29.0 Å². The van der Waals surface area contributed by atoms with Crippen molar-refractivity contribution >= 4 is 5.91 Å². The largest absolute Gasteiger partial charge is 0.381 e. The van der Waals surface area contributed by atoms with E-state index in [0.717, 1.165) is 83.9 Å². The van der Waals surface area contributed by atoms with Crippen LogP contribution < -0.4 is 0 Å². The highest BCUT2D eigenvalue weighted by molar-refractivity contribution is 5.76. The smallest absolute Gasteiger partial charge is 0.222 e. The van der Waals surface area contributed by atoms with Crippen LogP contribution in [-0.4, -0.2) is 64.9 Å². The topological polar surface area (TPSA) is 50.6 Å². The maximum atomic E-state index is 12.2. The van der Waals surface area contributed by atoms with Crippen LogP contribution in [0.3, 0.4) is 0 Å². The van der Waals surface area contributed by atoms with Gasteiger partial charge in [0.15, 0.2) is 0 Å². The highest BCUT2D eigenvalue weighted by atomic mass is 16.5. The van der Waals surface area contributed by atoms with Crippen molar-refractivity contribution < 1.29 is 9.53 Å². The van der Waals surface area contributed by atoms with Gasteiger partial charge in [0.25, 0.3) is 0 Å². The number of aryl methyl sites for hydroxylation is 2. The van der Waals surface area contributed by atoms with E-state index in [1.165, 1.54) is 12.1 Å². The number of aromatic nitrogens is 2. The van der Waals surface area contributed by atoms with Gasteiger partial charge in [-0.1, -0.05) is 0 Å². The summed E-state index contributed by atoms with van der Waals surface area (Å²) in [6.07, 6.45) is 6.03. The summed E-state index contributed by atoms with van der Waals surface area (Å²) in [5, 5.41) is 4.77. The molecule has 6 heteroatoms. The molecule has 2 saturated heterocycles. The van der Waals surface area contributed by atoms with E-state index >= 15 is 0 Å². The zero-order valence-corrected chi connectivity index (χ0v) is 15.2. The van der Waals surface area contributed by atoms with E-state index in [-0.39, 0.29) is 0 Å². The first kappa shape index (κ1) is 17.0. The molecule has 138 valence electrons. The molecule has 3 aliphatic heterocycles. The number of rotatable bonds is 5. The second kappa shape index (κ2) is 7.87. The molecule has 0 bridgehead atoms. The molecule has 6 nitrogen and oxygen atoms in total. The standard InChI is InChI=1S/C19H30N4O2/c24-19(22-8-1-2-9-22)5-4-17-12-18-14-21(7-3-10-23(18)20-17)13-16-6-11-25-15-16/h12,16H,1-11,13-15H2. The predicted molar refractivity (Wildman–Crippen MR) is 95.2 cm³/mol. The molecule has 1 amide bonds. The molecule has 0 aliphatic carbocycles. The fourth-order valence-corrected chi connectivity index (χ4v) is 4.32. The molecule has 0 aromatic carbocycles. The zero-order valence-electron chi connectivity index (χ0n) is 15.2. The number of carbonyl (C=O) groups is 1. The minimum Gasteiger partial charge on any atom is -0.381 e. The number of hydrogen-bond acceptors (Lipinski definition) is 4. The van der Waals surface area contributed by atoms with Crippen LogP contribution in [0.1, 0.15) is 43.5 Å². The maximum absolute atomic E-state index is 12.2. The number of nitrogens with zero attached hydrogens (tertiary/aromatic N) is 4. The number of hydrogen-bond donors (Lipinski definition) is 0. The van der Waals surface area contributed by atoms with Gasteiger partial charge in [-0.3, -0.25) is 14.4 Å². The normalized spacial score (nSPS) is 24.5. The third-order valence-corrected chi connectivity index (χ3v) is 5.74. The second-order valence-electron chi connectivity index (χ2n) is 7.76. The van der Waals surface area contributed by atoms with E-state index < -0.39 is 0 Å². The molecule has 4 heterocycles. The van der Waals surface area contributed by atoms with Crippen LogP contribution in [0, 0.1) is 5.92 Å². The summed E-state index contributed by atoms with van der Waals surface area (Å²) in [5.74, 6) is 0.982. The van der Waals surface area contributed by atoms with Crippen molar-refractivity contribution in [3.8, 4) is 0 Å². The summed E-state index contributed by atoms with van der Waals surface area (Å²) in [7, 11) is 0. The van der Waals surface area contributed by atoms with Crippen molar-refractivity contribution in [2.75, 3.05) is 39.4 Å². The predicted octanol–water partition coefficient (Wildman–Crippen LogP) is 1.68. The Bertz CT molecular complexity index is 588. The molecule has 25 heavy (non-hydrogen) atoms. The molecule has 1 unspecified atom stereocenters. The van der Waals surface area contributed by atoms with E-state index in [4.69, 9.17) is 9.84 Å². The number of amides is 1. The maximum Gasteiger partial charge on any atom is 0.222 e. The number of likely N-dealkylation sites (tertiary alicyclic amines) is 1. The summed E-state index contributed by atoms with van der Waals surface area (Å²) in [5.41, 5.74) is 2.38. The van der Waals surface area contributed by atoms with Crippen molar-refractivity contribution in [3.05, 3.63) is 17.5 Å². The van der Waals surface area contributed by atoms with Crippen LogP contribution in [0.15, 0.2) is 6.07 Å². The van der Waals surface area contributed by atoms with E-state index in [1.807, 2.05) is 4.90 Å². The Balaban J connectivity index is 1.33. The molecule has 0 saturated carbocycles. The van der Waals surface area contributed by atoms with E-state index in [2.05, 4.69) is 15.6 Å². The third-order valence-electron chi connectivity index (χ3n) is 5.74. The lowest BCUT2D eigenvalue weighted by molar-refractivity contribution is -0.130. The highest BCUT2D eigenvalue weighted by Crippen LogP contribution is 2.19. The molecule has 3 aliphatic rings. The first-order valence-electron chi connectivity index (χ1n) is 9.91. The van der Waals surface area contributed by atoms with Crippen molar-refractivity contribution in [2.45, 2.75) is 51.6 Å². The molecule has 2 fully saturated rings. The fourth-order valence-electron chi connectivity index (χ4n) is 4.32. The van der Waals surface area contributed by atoms with Gasteiger partial charge < -0.3 is 9.64 Å². The van der Waals surface area contributed by atoms with Gasteiger partial charge in [0, 0.05) is 58.7 Å². The summed E-state index contributed by atoms with van der Waals surface area (Å²) in [4.78, 5) is 16.8. The molecule has 0 spiro atoms. The fraction of sp³-hybridized carbons (Fsp3) is 0.789. The average molecular weight is 346 g/mol. The lowest BCUT2D eigenvalue weighted by Crippen LogP contribution is -2.29. The number of fused-ring (bicyclic) bond motifs is 1. The number of ether oxygens (including phenoxy) is 1. The highest BCUT2D eigenvalue weighted by Gasteiger charge is 2.23. The monoisotopic (exact) mass is 346 g/mol. The van der Waals surface area contributed by atoms with Crippen molar-refractivity contribution in [1.29, 1.82) is 0 Å². The summed E-state index contributed by atoms with van der Waals surface area (Å²) < 4.78 is 7.69. The SMILES string of the molecule is O=C(CCc1cc2n(n1)CCCN(CC1CCOC1)C2)N1CCCC1. The van der Waals surface area contributed by atoms with Crippen molar-refractivity contribution in [3.63, 3.8) is 0 Å². The Morgan fingerprint density at radius 2 is 2.08 bits per heavy atom. The molecule has 1 aromatic heterocycles. The molecule has 4 rings (SSSR count). The number of carbonyl (C=O) groups excluding carboxylic acids is 1. The summed E-state index contributed by atoms with van der Waals surface area (Å²) >= 11 is 0. The van der Waals surface area contributed by atoms with Crippen LogP contribution in [0.4, 0.5) is 0 Å². The Morgan fingerprint density at radius 3 is 2.88 bits per heavy atom. The molecular formula is C19H30N4O2. The average Bonchev–Trinajstić information content (AvgIpc) is 3.34. The summed E-state index contributed by atoms with van der Waals surface area (Å²) in [6.45, 7) is 7.97.